The number of carbonyl (C=O) groups excluding carboxylic acids is 2. The van der Waals surface area contributed by atoms with E-state index in [0.29, 0.717) is 0 Å². The molecule has 0 saturated heterocycles. The molecule has 1 heterocycles. The lowest BCUT2D eigenvalue weighted by atomic mass is 10.2. The summed E-state index contributed by atoms with van der Waals surface area (Å²) in [7, 11) is 1.19. The Bertz CT molecular complexity index is 592. The SMILES string of the molecule is CCOC(=O)c1occ(C(=O)OC(C)(C)C)c(=O)c1OC. The number of carbonyl (C=O) groups is 2. The van der Waals surface area contributed by atoms with Crippen LogP contribution >= 0.6 is 0 Å². The van der Waals surface area contributed by atoms with Crippen molar-refractivity contribution in [3.63, 3.8) is 0 Å². The molecule has 0 radical (unpaired) electrons. The highest BCUT2D eigenvalue weighted by molar-refractivity contribution is 5.93. The summed E-state index contributed by atoms with van der Waals surface area (Å²) in [4.78, 5) is 35.7. The number of rotatable bonds is 4. The average Bonchev–Trinajstić information content (AvgIpc) is 2.36. The maximum Gasteiger partial charge on any atom is 0.378 e. The molecule has 1 aromatic heterocycles. The van der Waals surface area contributed by atoms with Crippen molar-refractivity contribution in [2.24, 2.45) is 0 Å². The van der Waals surface area contributed by atoms with E-state index >= 15 is 0 Å². The van der Waals surface area contributed by atoms with Crippen LogP contribution < -0.4 is 10.2 Å². The molecular weight excluding hydrogens is 280 g/mol. The van der Waals surface area contributed by atoms with Gasteiger partial charge in [0.15, 0.2) is 0 Å². The predicted molar refractivity (Wildman–Crippen MR) is 72.7 cm³/mol. The number of hydrogen-bond donors (Lipinski definition) is 0. The van der Waals surface area contributed by atoms with Crippen molar-refractivity contribution in [3.05, 3.63) is 27.8 Å². The molecule has 7 heteroatoms. The minimum absolute atomic E-state index is 0.111. The fourth-order valence-corrected chi connectivity index (χ4v) is 1.45. The fraction of sp³-hybridized carbons (Fsp3) is 0.500. The highest BCUT2D eigenvalue weighted by Gasteiger charge is 2.27. The zero-order valence-electron chi connectivity index (χ0n) is 12.6. The number of methoxy groups -OCH3 is 1. The number of esters is 2. The second-order valence-corrected chi connectivity index (χ2v) is 5.06. The molecule has 0 unspecified atom stereocenters. The molecule has 1 rings (SSSR count). The Hall–Kier alpha value is -2.31. The summed E-state index contributed by atoms with van der Waals surface area (Å²) in [6.07, 6.45) is 0.866. The smallest absolute Gasteiger partial charge is 0.378 e. The first kappa shape index (κ1) is 16.7. The molecule has 21 heavy (non-hydrogen) atoms. The quantitative estimate of drug-likeness (QED) is 0.782. The van der Waals surface area contributed by atoms with Gasteiger partial charge in [0.25, 0.3) is 5.76 Å². The van der Waals surface area contributed by atoms with Crippen LogP contribution in [0.4, 0.5) is 0 Å². The lowest BCUT2D eigenvalue weighted by Gasteiger charge is -2.19. The Labute approximate surface area is 121 Å². The van der Waals surface area contributed by atoms with Crippen molar-refractivity contribution in [1.82, 2.24) is 0 Å². The van der Waals surface area contributed by atoms with Crippen LogP contribution in [0, 0.1) is 0 Å². The summed E-state index contributed by atoms with van der Waals surface area (Å²) in [6, 6.07) is 0. The lowest BCUT2D eigenvalue weighted by Crippen LogP contribution is -2.28. The molecule has 0 amide bonds. The van der Waals surface area contributed by atoms with E-state index in [1.807, 2.05) is 0 Å². The third-order valence-corrected chi connectivity index (χ3v) is 2.24. The van der Waals surface area contributed by atoms with Gasteiger partial charge in [-0.05, 0) is 27.7 Å². The first-order chi connectivity index (χ1) is 9.71. The van der Waals surface area contributed by atoms with Crippen LogP contribution in [-0.2, 0) is 9.47 Å². The van der Waals surface area contributed by atoms with Crippen LogP contribution in [0.15, 0.2) is 15.5 Å². The van der Waals surface area contributed by atoms with Crippen molar-refractivity contribution in [2.75, 3.05) is 13.7 Å². The summed E-state index contributed by atoms with van der Waals surface area (Å²) < 4.78 is 19.7. The van der Waals surface area contributed by atoms with E-state index < -0.39 is 34.5 Å². The van der Waals surface area contributed by atoms with Gasteiger partial charge in [0.05, 0.1) is 13.7 Å². The van der Waals surface area contributed by atoms with E-state index in [0.717, 1.165) is 6.26 Å². The Kier molecular flexibility index (Phi) is 5.12. The minimum atomic E-state index is -0.857. The standard InChI is InChI=1S/C14H18O7/c1-6-19-13(17)11-10(18-5)9(15)8(7-20-11)12(16)21-14(2,3)4/h7H,6H2,1-5H3. The van der Waals surface area contributed by atoms with Crippen LogP contribution in [0.5, 0.6) is 5.75 Å². The van der Waals surface area contributed by atoms with E-state index in [-0.39, 0.29) is 12.2 Å². The molecule has 7 nitrogen and oxygen atoms in total. The van der Waals surface area contributed by atoms with E-state index in [2.05, 4.69) is 0 Å². The molecule has 0 N–H and O–H groups in total. The molecule has 116 valence electrons. The zero-order valence-corrected chi connectivity index (χ0v) is 12.6. The maximum atomic E-state index is 12.2. The first-order valence-corrected chi connectivity index (χ1v) is 6.31. The third kappa shape index (κ3) is 4.08. The molecule has 0 saturated carbocycles. The Morgan fingerprint density at radius 3 is 2.33 bits per heavy atom. The van der Waals surface area contributed by atoms with E-state index in [1.165, 1.54) is 7.11 Å². The van der Waals surface area contributed by atoms with Crippen LogP contribution in [0.3, 0.4) is 0 Å². The van der Waals surface area contributed by atoms with Crippen LogP contribution in [0.25, 0.3) is 0 Å². The Balaban J connectivity index is 3.26. The summed E-state index contributed by atoms with van der Waals surface area (Å²) >= 11 is 0. The zero-order chi connectivity index (χ0) is 16.2. The number of hydrogen-bond acceptors (Lipinski definition) is 7. The van der Waals surface area contributed by atoms with Crippen LogP contribution in [0.2, 0.25) is 0 Å². The normalized spacial score (nSPS) is 10.9. The summed E-state index contributed by atoms with van der Waals surface area (Å²) in [5.41, 5.74) is -1.91. The molecule has 0 aromatic carbocycles. The van der Waals surface area contributed by atoms with Gasteiger partial charge < -0.3 is 18.6 Å². The second-order valence-electron chi connectivity index (χ2n) is 5.06. The van der Waals surface area contributed by atoms with Crippen LogP contribution in [-0.4, -0.2) is 31.3 Å². The second kappa shape index (κ2) is 6.43. The van der Waals surface area contributed by atoms with Crippen molar-refractivity contribution >= 4 is 11.9 Å². The van der Waals surface area contributed by atoms with Gasteiger partial charge in [-0.2, -0.15) is 0 Å². The molecule has 0 aliphatic rings. The highest BCUT2D eigenvalue weighted by Crippen LogP contribution is 2.17. The van der Waals surface area contributed by atoms with E-state index in [1.54, 1.807) is 27.7 Å². The van der Waals surface area contributed by atoms with Gasteiger partial charge in [-0.25, -0.2) is 9.59 Å². The summed E-state index contributed by atoms with van der Waals surface area (Å²) in [5.74, 6) is -2.49. The molecule has 0 fully saturated rings. The Morgan fingerprint density at radius 1 is 1.24 bits per heavy atom. The van der Waals surface area contributed by atoms with E-state index in [4.69, 9.17) is 18.6 Å². The van der Waals surface area contributed by atoms with Crippen LogP contribution in [0.1, 0.15) is 48.6 Å². The van der Waals surface area contributed by atoms with E-state index in [9.17, 15) is 14.4 Å². The predicted octanol–water partition coefficient (Wildman–Crippen LogP) is 1.78. The van der Waals surface area contributed by atoms with Gasteiger partial charge in [0.2, 0.25) is 11.2 Å². The largest absolute Gasteiger partial charge is 0.489 e. The third-order valence-electron chi connectivity index (χ3n) is 2.24. The minimum Gasteiger partial charge on any atom is -0.489 e. The van der Waals surface area contributed by atoms with Gasteiger partial charge in [-0.15, -0.1) is 0 Å². The molecule has 0 atom stereocenters. The molecule has 0 bridgehead atoms. The van der Waals surface area contributed by atoms with Crippen molar-refractivity contribution < 1.29 is 28.2 Å². The molecule has 0 spiro atoms. The topological polar surface area (TPSA) is 92.0 Å². The fourth-order valence-electron chi connectivity index (χ4n) is 1.45. The molecular formula is C14H18O7. The van der Waals surface area contributed by atoms with Crippen molar-refractivity contribution in [1.29, 1.82) is 0 Å². The highest BCUT2D eigenvalue weighted by atomic mass is 16.6. The molecule has 0 aliphatic heterocycles. The van der Waals surface area contributed by atoms with Gasteiger partial charge >= 0.3 is 11.9 Å². The van der Waals surface area contributed by atoms with Crippen molar-refractivity contribution in [2.45, 2.75) is 33.3 Å². The van der Waals surface area contributed by atoms with Gasteiger partial charge in [0, 0.05) is 0 Å². The summed E-state index contributed by atoms with van der Waals surface area (Å²) in [6.45, 7) is 6.71. The maximum absolute atomic E-state index is 12.2. The first-order valence-electron chi connectivity index (χ1n) is 6.31. The number of ether oxygens (including phenoxy) is 3. The molecule has 1 aromatic rings. The Morgan fingerprint density at radius 2 is 1.86 bits per heavy atom. The monoisotopic (exact) mass is 298 g/mol. The van der Waals surface area contributed by atoms with Crippen molar-refractivity contribution in [3.8, 4) is 5.75 Å². The van der Waals surface area contributed by atoms with Gasteiger partial charge in [-0.3, -0.25) is 4.79 Å². The van der Waals surface area contributed by atoms with Gasteiger partial charge in [-0.1, -0.05) is 0 Å². The molecule has 0 aliphatic carbocycles. The summed E-state index contributed by atoms with van der Waals surface area (Å²) in [5, 5.41) is 0. The van der Waals surface area contributed by atoms with Gasteiger partial charge in [0.1, 0.15) is 17.4 Å². The lowest BCUT2D eigenvalue weighted by molar-refractivity contribution is 0.00631. The average molecular weight is 298 g/mol.